The summed E-state index contributed by atoms with van der Waals surface area (Å²) in [5.41, 5.74) is 2.89. The number of benzene rings is 2. The van der Waals surface area contributed by atoms with Gasteiger partial charge in [0.25, 0.3) is 0 Å². The number of para-hydroxylation sites is 2. The first-order valence-corrected chi connectivity index (χ1v) is 15.1. The first kappa shape index (κ1) is 28.8. The summed E-state index contributed by atoms with van der Waals surface area (Å²) in [6.45, 7) is 8.62. The third kappa shape index (κ3) is 8.95. The minimum atomic E-state index is -1.82. The summed E-state index contributed by atoms with van der Waals surface area (Å²) in [4.78, 5) is 2.65. The summed E-state index contributed by atoms with van der Waals surface area (Å²) in [5.74, 6) is 1.29. The van der Waals surface area contributed by atoms with E-state index in [0.29, 0.717) is 18.0 Å². The lowest BCUT2D eigenvalue weighted by Gasteiger charge is -2.08. The minimum absolute atomic E-state index is 0.492. The van der Waals surface area contributed by atoms with Crippen molar-refractivity contribution in [3.63, 3.8) is 0 Å². The number of imidazole rings is 1. The molecular weight excluding hydrogens is 484 g/mol. The van der Waals surface area contributed by atoms with Crippen LogP contribution in [-0.4, -0.2) is 19.9 Å². The molecular formula is C29H44N4O3S. The highest BCUT2D eigenvalue weighted by Crippen LogP contribution is 2.19. The van der Waals surface area contributed by atoms with E-state index in [9.17, 15) is 4.21 Å². The van der Waals surface area contributed by atoms with Crippen molar-refractivity contribution in [1.29, 1.82) is 0 Å². The highest BCUT2D eigenvalue weighted by Gasteiger charge is 2.10. The molecule has 0 aliphatic rings. The number of ether oxygens (including phenoxy) is 1. The predicted octanol–water partition coefficient (Wildman–Crippen LogP) is 6.85. The Bertz CT molecular complexity index is 1110. The Hall–Kier alpha value is -2.74. The molecule has 3 rings (SSSR count). The Balaban J connectivity index is 1.40. The number of nitrogens with one attached hydrogen (secondary N) is 1. The van der Waals surface area contributed by atoms with Gasteiger partial charge in [-0.3, -0.25) is 0 Å². The Morgan fingerprint density at radius 2 is 1.24 bits per heavy atom. The molecule has 0 fully saturated rings. The van der Waals surface area contributed by atoms with E-state index < -0.39 is 11.3 Å². The first-order chi connectivity index (χ1) is 18.2. The molecule has 1 aromatic heterocycles. The minimum Gasteiger partial charge on any atom is -0.494 e. The van der Waals surface area contributed by atoms with Gasteiger partial charge in [0.2, 0.25) is 5.62 Å². The summed E-state index contributed by atoms with van der Waals surface area (Å²) in [7, 11) is 0. The monoisotopic (exact) mass is 528 g/mol. The molecule has 0 spiro atoms. The van der Waals surface area contributed by atoms with Gasteiger partial charge in [0, 0.05) is 13.1 Å². The average Bonchev–Trinajstić information content (AvgIpc) is 3.24. The molecule has 7 nitrogen and oxygen atoms in total. The van der Waals surface area contributed by atoms with Gasteiger partial charge in [0.15, 0.2) is 0 Å². The molecule has 0 bridgehead atoms. The van der Waals surface area contributed by atoms with Crippen molar-refractivity contribution in [2.75, 3.05) is 6.61 Å². The summed E-state index contributed by atoms with van der Waals surface area (Å²) < 4.78 is 28.0. The van der Waals surface area contributed by atoms with Gasteiger partial charge in [-0.2, -0.15) is 9.04 Å². The molecule has 1 N–H and O–H groups in total. The number of aryl methyl sites for hydroxylation is 2. The SMILES string of the molecule is CCCCCCCCCCCCOc1ccc(OS(=O)NN=c2n(CC)c3ccccc3n2CC)cc1. The van der Waals surface area contributed by atoms with E-state index in [0.717, 1.165) is 36.3 Å². The maximum absolute atomic E-state index is 12.5. The van der Waals surface area contributed by atoms with Crippen LogP contribution in [-0.2, 0) is 24.4 Å². The zero-order valence-electron chi connectivity index (χ0n) is 22.8. The molecule has 1 unspecified atom stereocenters. The molecule has 0 saturated heterocycles. The molecule has 3 aromatic rings. The normalized spacial score (nSPS) is 12.0. The maximum atomic E-state index is 12.5. The van der Waals surface area contributed by atoms with Gasteiger partial charge in [0.05, 0.1) is 17.6 Å². The number of fused-ring (bicyclic) bond motifs is 1. The van der Waals surface area contributed by atoms with Crippen LogP contribution in [0.4, 0.5) is 0 Å². The fraction of sp³-hybridized carbons (Fsp3) is 0.552. The molecule has 204 valence electrons. The molecule has 1 heterocycles. The van der Waals surface area contributed by atoms with Crippen LogP contribution in [0.3, 0.4) is 0 Å². The van der Waals surface area contributed by atoms with Gasteiger partial charge in [-0.1, -0.05) is 76.8 Å². The Kier molecular flexibility index (Phi) is 12.6. The van der Waals surface area contributed by atoms with Crippen LogP contribution < -0.4 is 19.4 Å². The molecule has 2 aromatic carbocycles. The Morgan fingerprint density at radius 1 is 0.730 bits per heavy atom. The highest BCUT2D eigenvalue weighted by molar-refractivity contribution is 7.78. The topological polar surface area (TPSA) is 69.8 Å². The van der Waals surface area contributed by atoms with Gasteiger partial charge >= 0.3 is 11.3 Å². The van der Waals surface area contributed by atoms with Crippen LogP contribution in [0.5, 0.6) is 11.5 Å². The molecule has 1 atom stereocenters. The second kappa shape index (κ2) is 16.2. The molecule has 37 heavy (non-hydrogen) atoms. The van der Waals surface area contributed by atoms with Crippen LogP contribution >= 0.6 is 0 Å². The van der Waals surface area contributed by atoms with Crippen LogP contribution in [0, 0.1) is 0 Å². The zero-order chi connectivity index (χ0) is 26.3. The number of hydrogen-bond acceptors (Lipinski definition) is 4. The van der Waals surface area contributed by atoms with E-state index in [4.69, 9.17) is 8.92 Å². The maximum Gasteiger partial charge on any atom is 0.332 e. The van der Waals surface area contributed by atoms with Crippen molar-refractivity contribution >= 4 is 22.3 Å². The second-order valence-electron chi connectivity index (χ2n) is 9.30. The summed E-state index contributed by atoms with van der Waals surface area (Å²) in [6, 6.07) is 15.4. The van der Waals surface area contributed by atoms with E-state index in [1.807, 2.05) is 24.3 Å². The average molecular weight is 529 g/mol. The third-order valence-corrected chi connectivity index (χ3v) is 7.15. The molecule has 0 amide bonds. The van der Waals surface area contributed by atoms with Crippen LogP contribution in [0.15, 0.2) is 53.6 Å². The van der Waals surface area contributed by atoms with Gasteiger partial charge in [-0.15, -0.1) is 5.10 Å². The Morgan fingerprint density at radius 3 is 1.78 bits per heavy atom. The first-order valence-electron chi connectivity index (χ1n) is 14.0. The van der Waals surface area contributed by atoms with E-state index in [-0.39, 0.29) is 0 Å². The largest absolute Gasteiger partial charge is 0.494 e. The van der Waals surface area contributed by atoms with E-state index >= 15 is 0 Å². The van der Waals surface area contributed by atoms with Gasteiger partial charge in [-0.25, -0.2) is 0 Å². The summed E-state index contributed by atoms with van der Waals surface area (Å²) in [6.07, 6.45) is 13.1. The highest BCUT2D eigenvalue weighted by atomic mass is 32.2. The van der Waals surface area contributed by atoms with Crippen molar-refractivity contribution in [2.24, 2.45) is 5.10 Å². The molecule has 0 saturated carbocycles. The van der Waals surface area contributed by atoms with Crippen molar-refractivity contribution in [3.8, 4) is 11.5 Å². The quantitative estimate of drug-likeness (QED) is 0.145. The Labute approximate surface area is 224 Å². The predicted molar refractivity (Wildman–Crippen MR) is 153 cm³/mol. The standard InChI is InChI=1S/C29H44N4O3S/c1-4-7-8-9-10-11-12-13-14-17-24-35-25-20-22-26(23-21-25)36-37(34)31-30-29-32(5-2)27-18-15-16-19-28(27)33(29)6-3/h15-16,18-23,31H,4-14,17,24H2,1-3H3. The fourth-order valence-electron chi connectivity index (χ4n) is 4.58. The smallest absolute Gasteiger partial charge is 0.332 e. The van der Waals surface area contributed by atoms with Crippen molar-refractivity contribution in [2.45, 2.75) is 98.1 Å². The van der Waals surface area contributed by atoms with E-state index in [1.54, 1.807) is 12.1 Å². The lowest BCUT2D eigenvalue weighted by molar-refractivity contribution is 0.304. The number of nitrogens with zero attached hydrogens (tertiary/aromatic N) is 3. The second-order valence-corrected chi connectivity index (χ2v) is 10.1. The van der Waals surface area contributed by atoms with Crippen molar-refractivity contribution in [1.82, 2.24) is 14.0 Å². The van der Waals surface area contributed by atoms with Gasteiger partial charge in [-0.05, 0) is 56.7 Å². The van der Waals surface area contributed by atoms with Crippen molar-refractivity contribution in [3.05, 3.63) is 54.1 Å². The molecule has 8 heteroatoms. The molecule has 0 aliphatic carbocycles. The number of hydrogen-bond donors (Lipinski definition) is 1. The zero-order valence-corrected chi connectivity index (χ0v) is 23.6. The van der Waals surface area contributed by atoms with E-state index in [1.165, 1.54) is 57.8 Å². The lowest BCUT2D eigenvalue weighted by Crippen LogP contribution is -2.30. The third-order valence-electron chi connectivity index (χ3n) is 6.56. The number of rotatable bonds is 18. The molecule has 0 radical (unpaired) electrons. The summed E-state index contributed by atoms with van der Waals surface area (Å²) in [5, 5.41) is 4.42. The van der Waals surface area contributed by atoms with Crippen LogP contribution in [0.2, 0.25) is 0 Å². The number of unbranched alkanes of at least 4 members (excludes halogenated alkanes) is 9. The van der Waals surface area contributed by atoms with Crippen molar-refractivity contribution < 1.29 is 13.1 Å². The lowest BCUT2D eigenvalue weighted by atomic mass is 10.1. The number of aromatic nitrogens is 2. The van der Waals surface area contributed by atoms with Gasteiger partial charge < -0.3 is 18.1 Å². The van der Waals surface area contributed by atoms with Crippen LogP contribution in [0.25, 0.3) is 11.0 Å². The fourth-order valence-corrected chi connectivity index (χ4v) is 5.06. The molecule has 0 aliphatic heterocycles. The van der Waals surface area contributed by atoms with Crippen LogP contribution in [0.1, 0.15) is 85.0 Å². The van der Waals surface area contributed by atoms with Gasteiger partial charge in [0.1, 0.15) is 11.5 Å². The van der Waals surface area contributed by atoms with E-state index in [2.05, 4.69) is 52.0 Å². The summed E-state index contributed by atoms with van der Waals surface area (Å²) >= 11 is -1.82.